The monoisotopic (exact) mass is 266 g/mol. The summed E-state index contributed by atoms with van der Waals surface area (Å²) < 4.78 is 5.37. The molecule has 1 aliphatic rings. The number of hydrogen-bond donors (Lipinski definition) is 1. The van der Waals surface area contributed by atoms with E-state index in [1.807, 2.05) is 0 Å². The third-order valence-corrected chi connectivity index (χ3v) is 3.53. The van der Waals surface area contributed by atoms with E-state index in [4.69, 9.17) is 4.52 Å². The van der Waals surface area contributed by atoms with Gasteiger partial charge in [0, 0.05) is 25.4 Å². The van der Waals surface area contributed by atoms with Crippen LogP contribution in [0.5, 0.6) is 0 Å². The van der Waals surface area contributed by atoms with Crippen molar-refractivity contribution >= 4 is 0 Å². The fourth-order valence-corrected chi connectivity index (χ4v) is 2.22. The maximum Gasteiger partial charge on any atom is 0.228 e. The molecule has 1 aromatic rings. The molecule has 1 N–H and O–H groups in total. The molecule has 108 valence electrons. The van der Waals surface area contributed by atoms with Crippen LogP contribution in [0.2, 0.25) is 0 Å². The molecule has 1 aliphatic carbocycles. The molecule has 0 radical (unpaired) electrons. The Balaban J connectivity index is 1.83. The summed E-state index contributed by atoms with van der Waals surface area (Å²) in [6.45, 7) is 4.23. The molecule has 5 nitrogen and oxygen atoms in total. The van der Waals surface area contributed by atoms with Gasteiger partial charge in [0.15, 0.2) is 5.82 Å². The van der Waals surface area contributed by atoms with Gasteiger partial charge in [-0.25, -0.2) is 0 Å². The van der Waals surface area contributed by atoms with Crippen molar-refractivity contribution in [1.29, 1.82) is 0 Å². The molecule has 0 bridgehead atoms. The minimum Gasteiger partial charge on any atom is -0.339 e. The molecule has 1 unspecified atom stereocenters. The Morgan fingerprint density at radius 3 is 2.84 bits per heavy atom. The molecule has 19 heavy (non-hydrogen) atoms. The van der Waals surface area contributed by atoms with Gasteiger partial charge in [-0.2, -0.15) is 4.98 Å². The quantitative estimate of drug-likeness (QED) is 0.734. The largest absolute Gasteiger partial charge is 0.339 e. The number of nitrogens with one attached hydrogen (secondary N) is 1. The summed E-state index contributed by atoms with van der Waals surface area (Å²) in [4.78, 5) is 6.63. The lowest BCUT2D eigenvalue weighted by molar-refractivity contribution is 0.340. The number of aromatic nitrogens is 2. The number of likely N-dealkylation sites (N-methyl/N-ethyl adjacent to an activating group) is 1. The first-order chi connectivity index (χ1) is 9.19. The normalized spacial score (nSPS) is 17.1. The van der Waals surface area contributed by atoms with E-state index in [9.17, 15) is 0 Å². The van der Waals surface area contributed by atoms with Crippen molar-refractivity contribution in [3.63, 3.8) is 0 Å². The van der Waals surface area contributed by atoms with Crippen molar-refractivity contribution in [2.45, 2.75) is 45.1 Å². The molecule has 1 heterocycles. The van der Waals surface area contributed by atoms with E-state index in [0.717, 1.165) is 43.6 Å². The average molecular weight is 266 g/mol. The molecule has 0 saturated heterocycles. The van der Waals surface area contributed by atoms with Gasteiger partial charge in [-0.15, -0.1) is 0 Å². The van der Waals surface area contributed by atoms with Crippen LogP contribution in [0.3, 0.4) is 0 Å². The van der Waals surface area contributed by atoms with Crippen molar-refractivity contribution in [2.75, 3.05) is 27.2 Å². The third kappa shape index (κ3) is 4.91. The Hall–Kier alpha value is -0.940. The van der Waals surface area contributed by atoms with Crippen LogP contribution in [0.15, 0.2) is 4.52 Å². The summed E-state index contributed by atoms with van der Waals surface area (Å²) in [5.74, 6) is 2.42. The SMILES string of the molecule is CCCNC(Cc1nc(CCN(C)C)no1)C1CC1. The molecule has 0 spiro atoms. The van der Waals surface area contributed by atoms with Gasteiger partial charge in [-0.1, -0.05) is 12.1 Å². The summed E-state index contributed by atoms with van der Waals surface area (Å²) in [5, 5.41) is 7.66. The summed E-state index contributed by atoms with van der Waals surface area (Å²) in [6.07, 6.45) is 5.57. The fraction of sp³-hybridized carbons (Fsp3) is 0.857. The lowest BCUT2D eigenvalue weighted by atomic mass is 10.1. The van der Waals surface area contributed by atoms with Gasteiger partial charge in [0.25, 0.3) is 0 Å². The third-order valence-electron chi connectivity index (χ3n) is 3.53. The van der Waals surface area contributed by atoms with Gasteiger partial charge in [0.1, 0.15) is 0 Å². The molecular formula is C14H26N4O. The first-order valence-corrected chi connectivity index (χ1v) is 7.38. The van der Waals surface area contributed by atoms with Gasteiger partial charge < -0.3 is 14.7 Å². The number of hydrogen-bond acceptors (Lipinski definition) is 5. The first-order valence-electron chi connectivity index (χ1n) is 7.38. The first kappa shape index (κ1) is 14.5. The summed E-state index contributed by atoms with van der Waals surface area (Å²) in [6, 6.07) is 0.516. The molecule has 0 aliphatic heterocycles. The predicted octanol–water partition coefficient (Wildman–Crippen LogP) is 1.49. The van der Waals surface area contributed by atoms with E-state index in [1.54, 1.807) is 0 Å². The molecule has 1 fully saturated rings. The Bertz CT molecular complexity index is 373. The van der Waals surface area contributed by atoms with E-state index < -0.39 is 0 Å². The molecule has 2 rings (SSSR count). The zero-order valence-corrected chi connectivity index (χ0v) is 12.4. The van der Waals surface area contributed by atoms with Crippen LogP contribution in [-0.4, -0.2) is 48.3 Å². The van der Waals surface area contributed by atoms with Crippen LogP contribution in [0, 0.1) is 5.92 Å². The second kappa shape index (κ2) is 7.01. The Morgan fingerprint density at radius 2 is 2.21 bits per heavy atom. The zero-order valence-electron chi connectivity index (χ0n) is 12.4. The fourth-order valence-electron chi connectivity index (χ4n) is 2.22. The van der Waals surface area contributed by atoms with E-state index in [-0.39, 0.29) is 0 Å². The molecule has 5 heteroatoms. The van der Waals surface area contributed by atoms with Crippen LogP contribution in [0.4, 0.5) is 0 Å². The predicted molar refractivity (Wildman–Crippen MR) is 75.1 cm³/mol. The Labute approximate surface area is 115 Å². The van der Waals surface area contributed by atoms with Gasteiger partial charge in [-0.3, -0.25) is 0 Å². The lowest BCUT2D eigenvalue weighted by Gasteiger charge is -2.15. The van der Waals surface area contributed by atoms with Crippen LogP contribution in [0.1, 0.15) is 37.9 Å². The lowest BCUT2D eigenvalue weighted by Crippen LogP contribution is -2.33. The smallest absolute Gasteiger partial charge is 0.228 e. The highest BCUT2D eigenvalue weighted by Gasteiger charge is 2.32. The summed E-state index contributed by atoms with van der Waals surface area (Å²) in [7, 11) is 4.11. The molecule has 1 atom stereocenters. The van der Waals surface area contributed by atoms with E-state index in [1.165, 1.54) is 19.3 Å². The van der Waals surface area contributed by atoms with Crippen molar-refractivity contribution < 1.29 is 4.52 Å². The van der Waals surface area contributed by atoms with Crippen LogP contribution in [0.25, 0.3) is 0 Å². The van der Waals surface area contributed by atoms with Crippen LogP contribution >= 0.6 is 0 Å². The number of nitrogens with zero attached hydrogens (tertiary/aromatic N) is 3. The maximum atomic E-state index is 5.37. The number of rotatable bonds is 9. The highest BCUT2D eigenvalue weighted by molar-refractivity contribution is 4.95. The minimum absolute atomic E-state index is 0.516. The van der Waals surface area contributed by atoms with Gasteiger partial charge >= 0.3 is 0 Å². The van der Waals surface area contributed by atoms with Crippen LogP contribution in [-0.2, 0) is 12.8 Å². The highest BCUT2D eigenvalue weighted by atomic mass is 16.5. The molecule has 0 amide bonds. The second-order valence-corrected chi connectivity index (χ2v) is 5.76. The van der Waals surface area contributed by atoms with Crippen LogP contribution < -0.4 is 5.32 Å². The Kier molecular flexibility index (Phi) is 5.34. The average Bonchev–Trinajstić information content (AvgIpc) is 3.13. The standard InChI is InChI=1S/C14H26N4O/c1-4-8-15-12(11-5-6-11)10-14-16-13(17-19-14)7-9-18(2)3/h11-12,15H,4-10H2,1-3H3. The van der Waals surface area contributed by atoms with Crippen molar-refractivity contribution in [2.24, 2.45) is 5.92 Å². The Morgan fingerprint density at radius 1 is 1.42 bits per heavy atom. The summed E-state index contributed by atoms with van der Waals surface area (Å²) >= 11 is 0. The highest BCUT2D eigenvalue weighted by Crippen LogP contribution is 2.33. The zero-order chi connectivity index (χ0) is 13.7. The van der Waals surface area contributed by atoms with Gasteiger partial charge in [0.2, 0.25) is 5.89 Å². The molecule has 1 aromatic heterocycles. The van der Waals surface area contributed by atoms with Gasteiger partial charge in [0.05, 0.1) is 0 Å². The molecule has 0 aromatic carbocycles. The van der Waals surface area contributed by atoms with E-state index >= 15 is 0 Å². The van der Waals surface area contributed by atoms with E-state index in [0.29, 0.717) is 6.04 Å². The van der Waals surface area contributed by atoms with E-state index in [2.05, 4.69) is 41.4 Å². The molecular weight excluding hydrogens is 240 g/mol. The van der Waals surface area contributed by atoms with Crippen molar-refractivity contribution in [1.82, 2.24) is 20.4 Å². The summed E-state index contributed by atoms with van der Waals surface area (Å²) in [5.41, 5.74) is 0. The minimum atomic E-state index is 0.516. The topological polar surface area (TPSA) is 54.2 Å². The maximum absolute atomic E-state index is 5.37. The van der Waals surface area contributed by atoms with Gasteiger partial charge in [-0.05, 0) is 45.8 Å². The van der Waals surface area contributed by atoms with Crippen molar-refractivity contribution in [3.8, 4) is 0 Å². The second-order valence-electron chi connectivity index (χ2n) is 5.76. The molecule has 1 saturated carbocycles. The van der Waals surface area contributed by atoms with Crippen molar-refractivity contribution in [3.05, 3.63) is 11.7 Å².